The average molecular weight is 237 g/mol. The van der Waals surface area contributed by atoms with E-state index in [0.29, 0.717) is 12.1 Å². The zero-order chi connectivity index (χ0) is 11.0. The molecule has 1 aromatic rings. The van der Waals surface area contributed by atoms with E-state index in [0.717, 1.165) is 18.1 Å². The third-order valence-electron chi connectivity index (χ3n) is 3.65. The maximum Gasteiger partial charge on any atom is 0.0407 e. The van der Waals surface area contributed by atoms with Crippen molar-refractivity contribution in [3.63, 3.8) is 0 Å². The fourth-order valence-corrected chi connectivity index (χ4v) is 2.99. The lowest BCUT2D eigenvalue weighted by Gasteiger charge is -2.43. The predicted molar refractivity (Wildman–Crippen MR) is 68.2 cm³/mol. The van der Waals surface area contributed by atoms with Gasteiger partial charge in [-0.2, -0.15) is 0 Å². The first-order chi connectivity index (χ1) is 7.81. The molecular formula is C13H17ClN2. The Morgan fingerprint density at radius 2 is 1.69 bits per heavy atom. The second-order valence-electron chi connectivity index (χ2n) is 4.87. The van der Waals surface area contributed by atoms with Gasteiger partial charge in [0.25, 0.3) is 0 Å². The van der Waals surface area contributed by atoms with Crippen molar-refractivity contribution < 1.29 is 0 Å². The molecule has 2 unspecified atom stereocenters. The number of piperazine rings is 1. The number of nitrogens with zero attached hydrogens (tertiary/aromatic N) is 1. The average Bonchev–Trinajstić information content (AvgIpc) is 2.29. The zero-order valence-electron chi connectivity index (χ0n) is 9.32. The monoisotopic (exact) mass is 236 g/mol. The maximum absolute atomic E-state index is 5.92. The van der Waals surface area contributed by atoms with E-state index in [9.17, 15) is 0 Å². The molecule has 86 valence electrons. The Bertz CT molecular complexity index is 351. The minimum Gasteiger partial charge on any atom is -0.368 e. The third kappa shape index (κ3) is 2.04. The first-order valence-corrected chi connectivity index (χ1v) is 6.45. The Balaban J connectivity index is 1.77. The van der Waals surface area contributed by atoms with E-state index in [2.05, 4.69) is 22.3 Å². The molecule has 2 heterocycles. The van der Waals surface area contributed by atoms with Crippen LogP contribution in [0.2, 0.25) is 5.02 Å². The normalized spacial score (nSPS) is 29.2. The van der Waals surface area contributed by atoms with Crippen molar-refractivity contribution in [2.45, 2.75) is 31.3 Å². The molecule has 0 saturated carbocycles. The van der Waals surface area contributed by atoms with Crippen molar-refractivity contribution in [2.75, 3.05) is 18.0 Å². The number of hydrogen-bond donors (Lipinski definition) is 1. The maximum atomic E-state index is 5.92. The van der Waals surface area contributed by atoms with Crippen LogP contribution in [0, 0.1) is 0 Å². The van der Waals surface area contributed by atoms with Crippen LogP contribution < -0.4 is 10.2 Å². The highest BCUT2D eigenvalue weighted by molar-refractivity contribution is 6.30. The van der Waals surface area contributed by atoms with E-state index in [4.69, 9.17) is 11.6 Å². The highest BCUT2D eigenvalue weighted by Crippen LogP contribution is 2.25. The van der Waals surface area contributed by atoms with Gasteiger partial charge in [0.2, 0.25) is 0 Å². The number of benzene rings is 1. The van der Waals surface area contributed by atoms with Crippen LogP contribution in [0.1, 0.15) is 19.3 Å². The van der Waals surface area contributed by atoms with Crippen LogP contribution >= 0.6 is 11.6 Å². The number of piperidine rings is 1. The van der Waals surface area contributed by atoms with Crippen molar-refractivity contribution >= 4 is 17.3 Å². The van der Waals surface area contributed by atoms with Gasteiger partial charge in [0.1, 0.15) is 0 Å². The summed E-state index contributed by atoms with van der Waals surface area (Å²) in [6.45, 7) is 2.27. The van der Waals surface area contributed by atoms with Gasteiger partial charge in [0, 0.05) is 35.9 Å². The van der Waals surface area contributed by atoms with Crippen molar-refractivity contribution in [2.24, 2.45) is 0 Å². The molecule has 2 fully saturated rings. The quantitative estimate of drug-likeness (QED) is 0.807. The molecule has 0 radical (unpaired) electrons. The van der Waals surface area contributed by atoms with Gasteiger partial charge in [-0.05, 0) is 37.1 Å². The molecule has 2 nitrogen and oxygen atoms in total. The lowest BCUT2D eigenvalue weighted by Crippen LogP contribution is -2.58. The summed E-state index contributed by atoms with van der Waals surface area (Å²) in [4.78, 5) is 2.49. The van der Waals surface area contributed by atoms with Crippen LogP contribution in [0.4, 0.5) is 5.69 Å². The summed E-state index contributed by atoms with van der Waals surface area (Å²) in [6.07, 6.45) is 4.03. The van der Waals surface area contributed by atoms with E-state index in [1.165, 1.54) is 24.9 Å². The lowest BCUT2D eigenvalue weighted by atomic mass is 9.94. The van der Waals surface area contributed by atoms with E-state index < -0.39 is 0 Å². The van der Waals surface area contributed by atoms with Gasteiger partial charge in [-0.3, -0.25) is 0 Å². The van der Waals surface area contributed by atoms with E-state index in [1.54, 1.807) is 0 Å². The van der Waals surface area contributed by atoms with Crippen LogP contribution in [-0.2, 0) is 0 Å². The van der Waals surface area contributed by atoms with Gasteiger partial charge in [-0.1, -0.05) is 18.0 Å². The summed E-state index contributed by atoms with van der Waals surface area (Å²) in [5.41, 5.74) is 1.31. The molecule has 2 atom stereocenters. The Labute approximate surface area is 102 Å². The van der Waals surface area contributed by atoms with Gasteiger partial charge < -0.3 is 10.2 Å². The molecule has 3 heteroatoms. The molecule has 3 rings (SSSR count). The highest BCUT2D eigenvalue weighted by Gasteiger charge is 2.29. The molecule has 0 spiro atoms. The second-order valence-corrected chi connectivity index (χ2v) is 5.31. The van der Waals surface area contributed by atoms with Crippen molar-refractivity contribution in [3.05, 3.63) is 29.3 Å². The minimum absolute atomic E-state index is 0.683. The lowest BCUT2D eigenvalue weighted by molar-refractivity contribution is 0.283. The topological polar surface area (TPSA) is 15.3 Å². The number of anilines is 1. The van der Waals surface area contributed by atoms with Gasteiger partial charge in [-0.25, -0.2) is 0 Å². The zero-order valence-corrected chi connectivity index (χ0v) is 10.1. The van der Waals surface area contributed by atoms with E-state index in [-0.39, 0.29) is 0 Å². The molecule has 2 saturated heterocycles. The molecule has 2 bridgehead atoms. The summed E-state index contributed by atoms with van der Waals surface area (Å²) in [7, 11) is 0. The minimum atomic E-state index is 0.683. The first kappa shape index (κ1) is 10.4. The van der Waals surface area contributed by atoms with Crippen LogP contribution in [0.5, 0.6) is 0 Å². The van der Waals surface area contributed by atoms with Gasteiger partial charge in [0.15, 0.2) is 0 Å². The number of halogens is 1. The SMILES string of the molecule is Clc1ccc(N2CC3CCCC(C2)N3)cc1. The molecule has 1 N–H and O–H groups in total. The first-order valence-electron chi connectivity index (χ1n) is 6.08. The smallest absolute Gasteiger partial charge is 0.0407 e. The number of rotatable bonds is 1. The van der Waals surface area contributed by atoms with E-state index >= 15 is 0 Å². The Morgan fingerprint density at radius 1 is 1.06 bits per heavy atom. The van der Waals surface area contributed by atoms with Crippen molar-refractivity contribution in [3.8, 4) is 0 Å². The molecule has 0 aliphatic carbocycles. The van der Waals surface area contributed by atoms with Crippen molar-refractivity contribution in [1.29, 1.82) is 0 Å². The summed E-state index contributed by atoms with van der Waals surface area (Å²) < 4.78 is 0. The van der Waals surface area contributed by atoms with Crippen LogP contribution in [0.25, 0.3) is 0 Å². The fourth-order valence-electron chi connectivity index (χ4n) is 2.87. The third-order valence-corrected chi connectivity index (χ3v) is 3.90. The summed E-state index contributed by atoms with van der Waals surface area (Å²) in [5, 5.41) is 4.51. The molecule has 0 amide bonds. The summed E-state index contributed by atoms with van der Waals surface area (Å²) in [6, 6.07) is 9.59. The Kier molecular flexibility index (Phi) is 2.78. The standard InChI is InChI=1S/C13H17ClN2/c14-10-4-6-13(7-5-10)16-8-11-2-1-3-12(9-16)15-11/h4-7,11-12,15H,1-3,8-9H2. The predicted octanol–water partition coefficient (Wildman–Crippen LogP) is 2.67. The van der Waals surface area contributed by atoms with E-state index in [1.807, 2.05) is 12.1 Å². The Morgan fingerprint density at radius 3 is 2.31 bits per heavy atom. The van der Waals surface area contributed by atoms with Gasteiger partial charge in [0.05, 0.1) is 0 Å². The molecule has 16 heavy (non-hydrogen) atoms. The van der Waals surface area contributed by atoms with Crippen molar-refractivity contribution in [1.82, 2.24) is 5.32 Å². The molecule has 2 aliphatic heterocycles. The molecule has 2 aliphatic rings. The largest absolute Gasteiger partial charge is 0.368 e. The number of hydrogen-bond acceptors (Lipinski definition) is 2. The molecule has 0 aromatic heterocycles. The second kappa shape index (κ2) is 4.27. The number of fused-ring (bicyclic) bond motifs is 2. The summed E-state index contributed by atoms with van der Waals surface area (Å²) in [5.74, 6) is 0. The number of nitrogens with one attached hydrogen (secondary N) is 1. The molecular weight excluding hydrogens is 220 g/mol. The van der Waals surface area contributed by atoms with Crippen LogP contribution in [0.3, 0.4) is 0 Å². The Hall–Kier alpha value is -0.730. The van der Waals surface area contributed by atoms with Crippen LogP contribution in [-0.4, -0.2) is 25.2 Å². The molecule has 1 aromatic carbocycles. The van der Waals surface area contributed by atoms with Gasteiger partial charge in [-0.15, -0.1) is 0 Å². The summed E-state index contributed by atoms with van der Waals surface area (Å²) >= 11 is 5.92. The highest BCUT2D eigenvalue weighted by atomic mass is 35.5. The van der Waals surface area contributed by atoms with Gasteiger partial charge >= 0.3 is 0 Å². The van der Waals surface area contributed by atoms with Crippen LogP contribution in [0.15, 0.2) is 24.3 Å². The fraction of sp³-hybridized carbons (Fsp3) is 0.538.